The number of rotatable bonds is 1. The van der Waals surface area contributed by atoms with Crippen molar-refractivity contribution in [3.8, 4) is 0 Å². The molecule has 0 saturated carbocycles. The molecule has 2 heterocycles. The van der Waals surface area contributed by atoms with Gasteiger partial charge < -0.3 is 5.73 Å². The lowest BCUT2D eigenvalue weighted by Crippen LogP contribution is -2.06. The van der Waals surface area contributed by atoms with Crippen molar-refractivity contribution in [2.45, 2.75) is 13.0 Å². The van der Waals surface area contributed by atoms with Gasteiger partial charge in [0.1, 0.15) is 0 Å². The van der Waals surface area contributed by atoms with E-state index in [9.17, 15) is 0 Å². The van der Waals surface area contributed by atoms with Crippen LogP contribution in [0.4, 0.5) is 0 Å². The summed E-state index contributed by atoms with van der Waals surface area (Å²) in [6, 6.07) is 4.11. The van der Waals surface area contributed by atoms with E-state index in [4.69, 9.17) is 5.73 Å². The molecule has 0 aromatic carbocycles. The van der Waals surface area contributed by atoms with Gasteiger partial charge in [0.15, 0.2) is 0 Å². The molecule has 0 fully saturated rings. The molecule has 2 nitrogen and oxygen atoms in total. The molecule has 2 aromatic rings. The monoisotopic (exact) mass is 178 g/mol. The molecular weight excluding hydrogens is 168 g/mol. The predicted octanol–water partition coefficient (Wildman–Crippen LogP) is 2.32. The van der Waals surface area contributed by atoms with Crippen molar-refractivity contribution in [3.05, 3.63) is 29.4 Å². The van der Waals surface area contributed by atoms with E-state index < -0.39 is 0 Å². The molecule has 62 valence electrons. The molecule has 0 amide bonds. The Kier molecular flexibility index (Phi) is 1.83. The van der Waals surface area contributed by atoms with E-state index in [1.807, 2.05) is 19.2 Å². The molecule has 0 saturated heterocycles. The van der Waals surface area contributed by atoms with Crippen LogP contribution in [0.3, 0.4) is 0 Å². The average molecular weight is 178 g/mol. The van der Waals surface area contributed by atoms with Gasteiger partial charge in [-0.15, -0.1) is 11.3 Å². The Bertz CT molecular complexity index is 392. The number of nitrogens with two attached hydrogens (primary N) is 1. The number of nitrogens with zero attached hydrogens (tertiary/aromatic N) is 1. The van der Waals surface area contributed by atoms with Crippen molar-refractivity contribution in [1.29, 1.82) is 0 Å². The van der Waals surface area contributed by atoms with Crippen molar-refractivity contribution >= 4 is 21.4 Å². The molecule has 3 heteroatoms. The first-order valence-corrected chi connectivity index (χ1v) is 4.74. The van der Waals surface area contributed by atoms with Crippen LogP contribution < -0.4 is 5.73 Å². The van der Waals surface area contributed by atoms with Crippen molar-refractivity contribution < 1.29 is 0 Å². The Morgan fingerprint density at radius 3 is 3.08 bits per heavy atom. The van der Waals surface area contributed by atoms with Gasteiger partial charge in [-0.25, -0.2) is 0 Å². The van der Waals surface area contributed by atoms with E-state index in [1.54, 1.807) is 11.3 Å². The second-order valence-electron chi connectivity index (χ2n) is 2.82. The van der Waals surface area contributed by atoms with Crippen LogP contribution in [0.5, 0.6) is 0 Å². The van der Waals surface area contributed by atoms with Crippen LogP contribution in [-0.2, 0) is 0 Å². The minimum absolute atomic E-state index is 0.0169. The van der Waals surface area contributed by atoms with Gasteiger partial charge >= 0.3 is 0 Å². The summed E-state index contributed by atoms with van der Waals surface area (Å²) in [6.07, 6.45) is 1.82. The van der Waals surface area contributed by atoms with Crippen molar-refractivity contribution in [3.63, 3.8) is 0 Å². The number of thiophene rings is 1. The first kappa shape index (κ1) is 7.71. The molecule has 0 bridgehead atoms. The normalized spacial score (nSPS) is 13.5. The number of pyridine rings is 1. The summed E-state index contributed by atoms with van der Waals surface area (Å²) in [5, 5.41) is 3.26. The maximum Gasteiger partial charge on any atom is 0.0654 e. The highest BCUT2D eigenvalue weighted by atomic mass is 32.1. The van der Waals surface area contributed by atoms with Gasteiger partial charge in [-0.1, -0.05) is 0 Å². The van der Waals surface area contributed by atoms with E-state index in [-0.39, 0.29) is 6.04 Å². The summed E-state index contributed by atoms with van der Waals surface area (Å²) in [4.78, 5) is 4.26. The number of fused-ring (bicyclic) bond motifs is 1. The Morgan fingerprint density at radius 2 is 2.33 bits per heavy atom. The van der Waals surface area contributed by atoms with Crippen LogP contribution in [-0.4, -0.2) is 4.98 Å². The topological polar surface area (TPSA) is 38.9 Å². The standard InChI is InChI=1S/C9H10N2S/c1-6(10)9-7-3-5-12-8(7)2-4-11-9/h2-6H,10H2,1H3. The predicted molar refractivity (Wildman–Crippen MR) is 52.2 cm³/mol. The fraction of sp³-hybridized carbons (Fsp3) is 0.222. The first-order chi connectivity index (χ1) is 5.79. The third kappa shape index (κ3) is 1.11. The lowest BCUT2D eigenvalue weighted by molar-refractivity contribution is 0.792. The molecule has 2 N–H and O–H groups in total. The van der Waals surface area contributed by atoms with Crippen LogP contribution in [0.2, 0.25) is 0 Å². The fourth-order valence-corrected chi connectivity index (χ4v) is 2.07. The molecule has 1 unspecified atom stereocenters. The van der Waals surface area contributed by atoms with Crippen LogP contribution in [0.15, 0.2) is 23.7 Å². The van der Waals surface area contributed by atoms with Crippen molar-refractivity contribution in [2.24, 2.45) is 5.73 Å². The summed E-state index contributed by atoms with van der Waals surface area (Å²) in [7, 11) is 0. The van der Waals surface area contributed by atoms with E-state index in [0.29, 0.717) is 0 Å². The molecule has 0 spiro atoms. The lowest BCUT2D eigenvalue weighted by Gasteiger charge is -2.04. The second-order valence-corrected chi connectivity index (χ2v) is 3.76. The van der Waals surface area contributed by atoms with Crippen molar-refractivity contribution in [1.82, 2.24) is 4.98 Å². The van der Waals surface area contributed by atoms with Gasteiger partial charge in [0, 0.05) is 22.3 Å². The summed E-state index contributed by atoms with van der Waals surface area (Å²) in [5.74, 6) is 0. The minimum atomic E-state index is 0.0169. The van der Waals surface area contributed by atoms with E-state index >= 15 is 0 Å². The molecular formula is C9H10N2S. The van der Waals surface area contributed by atoms with Crippen LogP contribution >= 0.6 is 11.3 Å². The minimum Gasteiger partial charge on any atom is -0.323 e. The highest BCUT2D eigenvalue weighted by molar-refractivity contribution is 7.17. The van der Waals surface area contributed by atoms with Gasteiger partial charge in [0.2, 0.25) is 0 Å². The van der Waals surface area contributed by atoms with Gasteiger partial charge in [0.25, 0.3) is 0 Å². The number of hydrogen-bond donors (Lipinski definition) is 1. The summed E-state index contributed by atoms with van der Waals surface area (Å²) in [6.45, 7) is 1.96. The largest absolute Gasteiger partial charge is 0.323 e. The van der Waals surface area contributed by atoms with Gasteiger partial charge in [-0.05, 0) is 24.4 Å². The second kappa shape index (κ2) is 2.84. The molecule has 0 aliphatic heterocycles. The fourth-order valence-electron chi connectivity index (χ4n) is 1.28. The highest BCUT2D eigenvalue weighted by Gasteiger charge is 2.06. The summed E-state index contributed by atoms with van der Waals surface area (Å²) in [5.41, 5.74) is 6.78. The van der Waals surface area contributed by atoms with E-state index in [0.717, 1.165) is 5.69 Å². The molecule has 1 atom stereocenters. The van der Waals surface area contributed by atoms with Crippen LogP contribution in [0.25, 0.3) is 10.1 Å². The van der Waals surface area contributed by atoms with Gasteiger partial charge in [-0.3, -0.25) is 4.98 Å². The smallest absolute Gasteiger partial charge is 0.0654 e. The zero-order valence-electron chi connectivity index (χ0n) is 6.82. The Balaban J connectivity index is 2.73. The average Bonchev–Trinajstić information content (AvgIpc) is 2.49. The number of aromatic nitrogens is 1. The molecule has 0 radical (unpaired) electrons. The molecule has 0 aliphatic carbocycles. The van der Waals surface area contributed by atoms with Gasteiger partial charge in [0.05, 0.1) is 5.69 Å². The third-order valence-corrected chi connectivity index (χ3v) is 2.72. The molecule has 0 aliphatic rings. The quantitative estimate of drug-likeness (QED) is 0.727. The zero-order chi connectivity index (χ0) is 8.55. The Morgan fingerprint density at radius 1 is 1.50 bits per heavy atom. The molecule has 2 rings (SSSR count). The van der Waals surface area contributed by atoms with Crippen LogP contribution in [0, 0.1) is 0 Å². The Labute approximate surface area is 75.0 Å². The Hall–Kier alpha value is -0.930. The van der Waals surface area contributed by atoms with Crippen LogP contribution in [0.1, 0.15) is 18.7 Å². The maximum atomic E-state index is 5.78. The molecule has 2 aromatic heterocycles. The van der Waals surface area contributed by atoms with E-state index in [1.165, 1.54) is 10.1 Å². The van der Waals surface area contributed by atoms with E-state index in [2.05, 4.69) is 16.4 Å². The maximum absolute atomic E-state index is 5.78. The number of hydrogen-bond acceptors (Lipinski definition) is 3. The highest BCUT2D eigenvalue weighted by Crippen LogP contribution is 2.24. The SMILES string of the molecule is CC(N)c1nccc2sccc12. The summed E-state index contributed by atoms with van der Waals surface area (Å²) >= 11 is 1.72. The van der Waals surface area contributed by atoms with Crippen molar-refractivity contribution in [2.75, 3.05) is 0 Å². The molecule has 12 heavy (non-hydrogen) atoms. The van der Waals surface area contributed by atoms with Gasteiger partial charge in [-0.2, -0.15) is 0 Å². The zero-order valence-corrected chi connectivity index (χ0v) is 7.64. The first-order valence-electron chi connectivity index (χ1n) is 3.87. The third-order valence-electron chi connectivity index (χ3n) is 1.84. The summed E-state index contributed by atoms with van der Waals surface area (Å²) < 4.78 is 1.26. The lowest BCUT2D eigenvalue weighted by atomic mass is 10.1.